The number of hydrogen-bond acceptors (Lipinski definition) is 5. The standard InChI is InChI=1S/C7H4N4O5.H2O/c12-5-3(7(15)16)9-10-4-2(6(13)14)1-8-11(4)5;/h1,8H,(H,13,14)(H,15,16);1H2. The minimum Gasteiger partial charge on any atom is -0.477 e. The zero-order valence-corrected chi connectivity index (χ0v) is 8.04. The maximum Gasteiger partial charge on any atom is 0.362 e. The Bertz CT molecular complexity index is 656. The predicted molar refractivity (Wildman–Crippen MR) is 51.1 cm³/mol. The van der Waals surface area contributed by atoms with E-state index in [1.807, 2.05) is 0 Å². The van der Waals surface area contributed by atoms with E-state index in [0.717, 1.165) is 6.20 Å². The number of fused-ring (bicyclic) bond motifs is 1. The highest BCUT2D eigenvalue weighted by Gasteiger charge is 2.19. The number of carbonyl (C=O) groups is 2. The van der Waals surface area contributed by atoms with E-state index in [4.69, 9.17) is 10.2 Å². The normalized spacial score (nSPS) is 9.88. The van der Waals surface area contributed by atoms with Crippen LogP contribution in [0.3, 0.4) is 0 Å². The number of rotatable bonds is 2. The van der Waals surface area contributed by atoms with Crippen molar-refractivity contribution in [3.63, 3.8) is 0 Å². The topological polar surface area (TPSA) is 169 Å². The van der Waals surface area contributed by atoms with Crippen molar-refractivity contribution in [3.8, 4) is 0 Å². The summed E-state index contributed by atoms with van der Waals surface area (Å²) >= 11 is 0. The van der Waals surface area contributed by atoms with Gasteiger partial charge in [0.2, 0.25) is 5.69 Å². The summed E-state index contributed by atoms with van der Waals surface area (Å²) < 4.78 is 0.708. The van der Waals surface area contributed by atoms with Gasteiger partial charge in [0.25, 0.3) is 0 Å². The zero-order valence-electron chi connectivity index (χ0n) is 8.04. The molecule has 5 N–H and O–H groups in total. The van der Waals surface area contributed by atoms with Crippen LogP contribution in [0, 0.1) is 0 Å². The van der Waals surface area contributed by atoms with Gasteiger partial charge in [-0.15, -0.1) is 10.2 Å². The van der Waals surface area contributed by atoms with Crippen LogP contribution in [0.25, 0.3) is 5.65 Å². The number of nitrogens with zero attached hydrogens (tertiary/aromatic N) is 3. The lowest BCUT2D eigenvalue weighted by Crippen LogP contribution is -2.25. The molecule has 2 heterocycles. The third-order valence-corrected chi connectivity index (χ3v) is 1.87. The van der Waals surface area contributed by atoms with Crippen molar-refractivity contribution in [2.24, 2.45) is 0 Å². The van der Waals surface area contributed by atoms with Crippen LogP contribution < -0.4 is 5.56 Å². The van der Waals surface area contributed by atoms with Crippen LogP contribution in [0.1, 0.15) is 20.8 Å². The number of carboxylic acids is 2. The smallest absolute Gasteiger partial charge is 0.362 e. The molecule has 0 aliphatic heterocycles. The minimum absolute atomic E-state index is 0. The number of carboxylic acid groups (broad SMARTS) is 2. The summed E-state index contributed by atoms with van der Waals surface area (Å²) in [5.74, 6) is -2.83. The third kappa shape index (κ3) is 1.72. The number of aromatic nitrogens is 4. The molecule has 90 valence electrons. The van der Waals surface area contributed by atoms with E-state index >= 15 is 0 Å². The first-order valence-electron chi connectivity index (χ1n) is 3.95. The molecule has 0 saturated carbocycles. The lowest BCUT2D eigenvalue weighted by molar-refractivity contribution is 0.0682. The summed E-state index contributed by atoms with van der Waals surface area (Å²) in [5, 5.41) is 26.1. The molecule has 0 bridgehead atoms. The molecule has 0 amide bonds. The molecule has 2 rings (SSSR count). The van der Waals surface area contributed by atoms with Gasteiger partial charge in [-0.3, -0.25) is 9.89 Å². The van der Waals surface area contributed by atoms with E-state index in [1.165, 1.54) is 0 Å². The molecule has 2 aromatic rings. The van der Waals surface area contributed by atoms with Gasteiger partial charge in [0.05, 0.1) is 0 Å². The molecule has 2 aromatic heterocycles. The Kier molecular flexibility index (Phi) is 2.91. The first kappa shape index (κ1) is 12.3. The first-order chi connectivity index (χ1) is 7.52. The highest BCUT2D eigenvalue weighted by atomic mass is 16.4. The van der Waals surface area contributed by atoms with Gasteiger partial charge in [-0.05, 0) is 0 Å². The molecule has 0 saturated heterocycles. The molecule has 0 aromatic carbocycles. The van der Waals surface area contributed by atoms with Crippen LogP contribution in [0.2, 0.25) is 0 Å². The fourth-order valence-corrected chi connectivity index (χ4v) is 1.17. The molecule has 0 radical (unpaired) electrons. The zero-order chi connectivity index (χ0) is 11.9. The maximum absolute atomic E-state index is 11.5. The Morgan fingerprint density at radius 3 is 2.41 bits per heavy atom. The van der Waals surface area contributed by atoms with Crippen LogP contribution in [0.5, 0.6) is 0 Å². The van der Waals surface area contributed by atoms with Crippen molar-refractivity contribution in [1.82, 2.24) is 19.8 Å². The number of nitrogens with one attached hydrogen (secondary N) is 1. The molecule has 0 unspecified atom stereocenters. The summed E-state index contributed by atoms with van der Waals surface area (Å²) in [6.07, 6.45) is 1.03. The minimum atomic E-state index is -1.53. The van der Waals surface area contributed by atoms with Crippen molar-refractivity contribution < 1.29 is 25.3 Å². The van der Waals surface area contributed by atoms with Crippen molar-refractivity contribution in [2.45, 2.75) is 0 Å². The van der Waals surface area contributed by atoms with Gasteiger partial charge in [0, 0.05) is 6.20 Å². The molecule has 0 aliphatic rings. The lowest BCUT2D eigenvalue weighted by atomic mass is 10.3. The van der Waals surface area contributed by atoms with Gasteiger partial charge in [0.15, 0.2) is 5.65 Å². The van der Waals surface area contributed by atoms with Crippen LogP contribution in [-0.4, -0.2) is 47.4 Å². The van der Waals surface area contributed by atoms with Crippen LogP contribution in [0.4, 0.5) is 0 Å². The average molecular weight is 242 g/mol. The van der Waals surface area contributed by atoms with E-state index < -0.39 is 23.2 Å². The fraction of sp³-hybridized carbons (Fsp3) is 0. The second-order valence-electron chi connectivity index (χ2n) is 2.81. The van der Waals surface area contributed by atoms with Crippen molar-refractivity contribution in [1.29, 1.82) is 0 Å². The quantitative estimate of drug-likeness (QED) is 0.546. The number of aromatic amines is 1. The molecule has 0 spiro atoms. The fourth-order valence-electron chi connectivity index (χ4n) is 1.17. The molecule has 17 heavy (non-hydrogen) atoms. The number of aromatic carboxylic acids is 2. The van der Waals surface area contributed by atoms with E-state index in [-0.39, 0.29) is 16.7 Å². The molecular formula is C7H6N4O6. The summed E-state index contributed by atoms with van der Waals surface area (Å²) in [7, 11) is 0. The average Bonchev–Trinajstić information content (AvgIpc) is 2.61. The monoisotopic (exact) mass is 242 g/mol. The van der Waals surface area contributed by atoms with Gasteiger partial charge in [-0.1, -0.05) is 0 Å². The Hall–Kier alpha value is -2.75. The highest BCUT2D eigenvalue weighted by molar-refractivity contribution is 5.94. The van der Waals surface area contributed by atoms with E-state index in [9.17, 15) is 14.4 Å². The summed E-state index contributed by atoms with van der Waals surface area (Å²) in [6, 6.07) is 0. The molecular weight excluding hydrogens is 236 g/mol. The molecule has 10 nitrogen and oxygen atoms in total. The van der Waals surface area contributed by atoms with E-state index in [1.54, 1.807) is 0 Å². The SMILES string of the molecule is O.O=C(O)c1nnc2c(C(=O)O)c[nH]n2c1=O. The van der Waals surface area contributed by atoms with Crippen molar-refractivity contribution in [3.05, 3.63) is 27.8 Å². The Balaban J connectivity index is 0.00000144. The van der Waals surface area contributed by atoms with Crippen molar-refractivity contribution in [2.75, 3.05) is 0 Å². The lowest BCUT2D eigenvalue weighted by Gasteiger charge is -1.94. The molecule has 0 fully saturated rings. The molecule has 10 heteroatoms. The van der Waals surface area contributed by atoms with E-state index in [0.29, 0.717) is 4.52 Å². The largest absolute Gasteiger partial charge is 0.477 e. The van der Waals surface area contributed by atoms with Crippen LogP contribution in [-0.2, 0) is 0 Å². The van der Waals surface area contributed by atoms with Crippen LogP contribution >= 0.6 is 0 Å². The van der Waals surface area contributed by atoms with Gasteiger partial charge >= 0.3 is 17.5 Å². The molecule has 0 aliphatic carbocycles. The first-order valence-corrected chi connectivity index (χ1v) is 3.95. The van der Waals surface area contributed by atoms with Gasteiger partial charge in [0.1, 0.15) is 5.56 Å². The molecule has 0 atom stereocenters. The Morgan fingerprint density at radius 1 is 1.24 bits per heavy atom. The van der Waals surface area contributed by atoms with Gasteiger partial charge < -0.3 is 15.7 Å². The highest BCUT2D eigenvalue weighted by Crippen LogP contribution is 2.04. The summed E-state index contributed by atoms with van der Waals surface area (Å²) in [4.78, 5) is 32.7. The Labute approximate surface area is 91.4 Å². The summed E-state index contributed by atoms with van der Waals surface area (Å²) in [6.45, 7) is 0. The second kappa shape index (κ2) is 4.02. The maximum atomic E-state index is 11.5. The Morgan fingerprint density at radius 2 is 1.88 bits per heavy atom. The second-order valence-corrected chi connectivity index (χ2v) is 2.81. The van der Waals surface area contributed by atoms with E-state index in [2.05, 4.69) is 15.3 Å². The predicted octanol–water partition coefficient (Wildman–Crippen LogP) is -2.01. The number of hydrogen-bond donors (Lipinski definition) is 3. The van der Waals surface area contributed by atoms with Gasteiger partial charge in [-0.25, -0.2) is 9.59 Å². The summed E-state index contributed by atoms with van der Waals surface area (Å²) in [5.41, 5.74) is -2.25. The van der Waals surface area contributed by atoms with Crippen LogP contribution in [0.15, 0.2) is 11.0 Å². The van der Waals surface area contributed by atoms with Crippen molar-refractivity contribution >= 4 is 17.6 Å². The number of H-pyrrole nitrogens is 1. The van der Waals surface area contributed by atoms with Gasteiger partial charge in [-0.2, -0.15) is 4.52 Å². The third-order valence-electron chi connectivity index (χ3n) is 1.87.